The average molecular weight is 720 g/mol. The molecule has 0 radical (unpaired) electrons. The molecule has 14 nitrogen and oxygen atoms in total. The van der Waals surface area contributed by atoms with Gasteiger partial charge in [-0.3, -0.25) is 24.2 Å². The second-order valence-electron chi connectivity index (χ2n) is 12.3. The first-order chi connectivity index (χ1) is 23.9. The van der Waals surface area contributed by atoms with Crippen molar-refractivity contribution in [1.82, 2.24) is 25.9 Å². The minimum absolute atomic E-state index is 0.0245. The number of hydrogen-bond acceptors (Lipinski definition) is 9. The minimum Gasteiger partial charge on any atom is -0.496 e. The lowest BCUT2D eigenvalue weighted by atomic mass is 9.95. The highest BCUT2D eigenvalue weighted by molar-refractivity contribution is 6.02. The number of carboxylic acid groups (broad SMARTS) is 1. The van der Waals surface area contributed by atoms with E-state index in [0.29, 0.717) is 47.3 Å². The maximum absolute atomic E-state index is 13.6. The number of ketones is 1. The number of amides is 3. The van der Waals surface area contributed by atoms with E-state index >= 15 is 0 Å². The summed E-state index contributed by atoms with van der Waals surface area (Å²) in [6.45, 7) is 7.13. The summed E-state index contributed by atoms with van der Waals surface area (Å²) in [4.78, 5) is 81.4. The van der Waals surface area contributed by atoms with Crippen LogP contribution in [-0.2, 0) is 23.9 Å². The Morgan fingerprint density at radius 3 is 2.25 bits per heavy atom. The zero-order valence-corrected chi connectivity index (χ0v) is 28.6. The smallest absolute Gasteiger partial charge is 0.490 e. The lowest BCUT2D eigenvalue weighted by Crippen LogP contribution is -2.53. The predicted octanol–water partition coefficient (Wildman–Crippen LogP) is 3.40. The van der Waals surface area contributed by atoms with E-state index in [0.717, 1.165) is 5.39 Å². The van der Waals surface area contributed by atoms with Gasteiger partial charge in [0, 0.05) is 35.8 Å². The average Bonchev–Trinajstić information content (AvgIpc) is 3.68. The fourth-order valence-electron chi connectivity index (χ4n) is 5.40. The molecule has 1 saturated heterocycles. The number of aromatic amines is 1. The Balaban J connectivity index is 0.000000908. The van der Waals surface area contributed by atoms with E-state index in [1.54, 1.807) is 39.2 Å². The molecule has 0 aliphatic carbocycles. The van der Waals surface area contributed by atoms with Crippen LogP contribution >= 0.6 is 0 Å². The number of ether oxygens (including phenoxy) is 2. The number of fused-ring (bicyclic) bond motifs is 1. The molecule has 3 atom stereocenters. The van der Waals surface area contributed by atoms with Crippen molar-refractivity contribution in [1.29, 1.82) is 0 Å². The Morgan fingerprint density at radius 1 is 1.06 bits per heavy atom. The van der Waals surface area contributed by atoms with Gasteiger partial charge < -0.3 is 35.5 Å². The van der Waals surface area contributed by atoms with Crippen LogP contribution in [0.1, 0.15) is 65.1 Å². The molecule has 0 unspecified atom stereocenters. The lowest BCUT2D eigenvalue weighted by Gasteiger charge is -2.25. The van der Waals surface area contributed by atoms with E-state index in [1.807, 2.05) is 19.9 Å². The molecule has 0 saturated carbocycles. The number of aryl methyl sites for hydroxylation is 2. The molecule has 3 heterocycles. The molecule has 276 valence electrons. The number of nitrogens with one attached hydrogen (secondary N) is 4. The summed E-state index contributed by atoms with van der Waals surface area (Å²) in [5.41, 5.74) is 2.48. The molecule has 51 heavy (non-hydrogen) atoms. The van der Waals surface area contributed by atoms with Crippen molar-refractivity contribution < 1.29 is 56.5 Å². The Morgan fingerprint density at radius 2 is 1.71 bits per heavy atom. The van der Waals surface area contributed by atoms with Gasteiger partial charge in [0.2, 0.25) is 11.8 Å². The van der Waals surface area contributed by atoms with Crippen molar-refractivity contribution in [3.05, 3.63) is 59.0 Å². The number of carboxylic acids is 1. The van der Waals surface area contributed by atoms with E-state index in [2.05, 4.69) is 25.9 Å². The van der Waals surface area contributed by atoms with Gasteiger partial charge in [-0.1, -0.05) is 19.9 Å². The molecule has 1 aliphatic heterocycles. The van der Waals surface area contributed by atoms with E-state index < -0.39 is 60.3 Å². The Labute approximate surface area is 290 Å². The molecule has 4 rings (SSSR count). The third kappa shape index (κ3) is 11.0. The molecule has 0 spiro atoms. The number of aromatic nitrogens is 2. The third-order valence-corrected chi connectivity index (χ3v) is 7.92. The number of carbonyl (C=O) groups is 6. The largest absolute Gasteiger partial charge is 0.496 e. The molecule has 1 aliphatic rings. The van der Waals surface area contributed by atoms with Gasteiger partial charge in [-0.25, -0.2) is 9.59 Å². The predicted molar refractivity (Wildman–Crippen MR) is 176 cm³/mol. The third-order valence-electron chi connectivity index (χ3n) is 7.92. The summed E-state index contributed by atoms with van der Waals surface area (Å²) >= 11 is 0. The second kappa shape index (κ2) is 17.4. The number of hydrogen-bond donors (Lipinski definition) is 5. The summed E-state index contributed by atoms with van der Waals surface area (Å²) in [6.07, 6.45) is -1.19. The van der Waals surface area contributed by atoms with Crippen LogP contribution < -0.4 is 20.7 Å². The number of benzene rings is 1. The molecule has 17 heteroatoms. The number of nitrogens with zero attached hydrogens (tertiary/aromatic N) is 1. The number of halogens is 3. The van der Waals surface area contributed by atoms with Gasteiger partial charge >= 0.3 is 18.1 Å². The van der Waals surface area contributed by atoms with Crippen molar-refractivity contribution >= 4 is 46.3 Å². The molecule has 2 aromatic heterocycles. The number of alkyl halides is 3. The zero-order valence-electron chi connectivity index (χ0n) is 28.6. The van der Waals surface area contributed by atoms with E-state index in [1.165, 1.54) is 12.4 Å². The number of carbonyl (C=O) groups excluding carboxylic acids is 5. The van der Waals surface area contributed by atoms with Gasteiger partial charge in [-0.15, -0.1) is 0 Å². The van der Waals surface area contributed by atoms with Crippen LogP contribution in [0.5, 0.6) is 5.75 Å². The van der Waals surface area contributed by atoms with Gasteiger partial charge in [0.05, 0.1) is 18.7 Å². The monoisotopic (exact) mass is 719 g/mol. The van der Waals surface area contributed by atoms with E-state index in [-0.39, 0.29) is 23.9 Å². The summed E-state index contributed by atoms with van der Waals surface area (Å²) < 4.78 is 42.5. The highest BCUT2D eigenvalue weighted by atomic mass is 19.4. The van der Waals surface area contributed by atoms with Gasteiger partial charge in [0.25, 0.3) is 5.91 Å². The zero-order chi connectivity index (χ0) is 38.0. The quantitative estimate of drug-likeness (QED) is 0.163. The molecular weight excluding hydrogens is 679 g/mol. The maximum atomic E-state index is 13.6. The van der Waals surface area contributed by atoms with Crippen LogP contribution in [0.25, 0.3) is 10.9 Å². The number of rotatable bonds is 13. The maximum Gasteiger partial charge on any atom is 0.490 e. The normalized spacial score (nSPS) is 15.2. The fourth-order valence-corrected chi connectivity index (χ4v) is 5.40. The Kier molecular flexibility index (Phi) is 13.7. The molecular formula is C34H40F3N5O9. The SMILES string of the molecule is COc1cccc2[nH]c(C(=O)N[C@@H](CC(C)C)C(=O)N[C@@H](C[C@@H]3CCNC3=O)C(=O)COC(=O)c3c(C)cncc3C)cc12.O=C(O)C(F)(F)F. The number of aliphatic carboxylic acids is 1. The number of Topliss-reactive ketones (excluding diaryl/α,β-unsaturated/α-hetero) is 1. The van der Waals surface area contributed by atoms with E-state index in [9.17, 15) is 37.1 Å². The van der Waals surface area contributed by atoms with Gasteiger partial charge in [-0.05, 0) is 68.4 Å². The van der Waals surface area contributed by atoms with Crippen LogP contribution in [0.15, 0.2) is 36.7 Å². The van der Waals surface area contributed by atoms with Crippen LogP contribution in [-0.4, -0.2) is 89.0 Å². The first-order valence-electron chi connectivity index (χ1n) is 15.9. The number of esters is 1. The van der Waals surface area contributed by atoms with Crippen molar-refractivity contribution in [3.63, 3.8) is 0 Å². The Bertz CT molecular complexity index is 1750. The molecule has 3 amide bonds. The van der Waals surface area contributed by atoms with Crippen LogP contribution in [0, 0.1) is 25.7 Å². The highest BCUT2D eigenvalue weighted by Crippen LogP contribution is 2.26. The van der Waals surface area contributed by atoms with Crippen molar-refractivity contribution in [3.8, 4) is 5.75 Å². The van der Waals surface area contributed by atoms with Crippen LogP contribution in [0.4, 0.5) is 13.2 Å². The van der Waals surface area contributed by atoms with Crippen molar-refractivity contribution in [2.24, 2.45) is 11.8 Å². The van der Waals surface area contributed by atoms with Crippen molar-refractivity contribution in [2.45, 2.75) is 65.2 Å². The fraction of sp³-hybridized carbons (Fsp3) is 0.441. The van der Waals surface area contributed by atoms with Gasteiger partial charge in [0.1, 0.15) is 17.5 Å². The number of pyridine rings is 1. The lowest BCUT2D eigenvalue weighted by molar-refractivity contribution is -0.192. The second-order valence-corrected chi connectivity index (χ2v) is 12.3. The summed E-state index contributed by atoms with van der Waals surface area (Å²) in [5, 5.41) is 16.1. The van der Waals surface area contributed by atoms with E-state index in [4.69, 9.17) is 19.4 Å². The molecule has 3 aromatic rings. The van der Waals surface area contributed by atoms with Crippen LogP contribution in [0.3, 0.4) is 0 Å². The molecule has 5 N–H and O–H groups in total. The first kappa shape index (κ1) is 40.0. The first-order valence-corrected chi connectivity index (χ1v) is 15.9. The number of methoxy groups -OCH3 is 1. The standard InChI is InChI=1S/C32H39N5O7.C2HF3O2/c1-17(2)11-24(37-31(41)25-13-21-22(35-25)7-6-8-27(21)43-5)30(40)36-23(12-20-9-10-34-29(20)39)26(38)16-44-32(42)28-18(3)14-33-15-19(28)4;3-2(4,5)1(6)7/h6-8,13-15,17,20,23-24,35H,9-12,16H2,1-5H3,(H,34,39)(H,36,40)(H,37,41);(H,6,7)/t20-,23-,24-;/m0./s1. The highest BCUT2D eigenvalue weighted by Gasteiger charge is 2.38. The van der Waals surface area contributed by atoms with Crippen LogP contribution in [0.2, 0.25) is 0 Å². The topological polar surface area (TPSA) is 206 Å². The summed E-state index contributed by atoms with van der Waals surface area (Å²) in [6, 6.07) is 4.95. The summed E-state index contributed by atoms with van der Waals surface area (Å²) in [5.74, 6) is -5.16. The molecule has 1 aromatic carbocycles. The molecule has 1 fully saturated rings. The summed E-state index contributed by atoms with van der Waals surface area (Å²) in [7, 11) is 1.54. The van der Waals surface area contributed by atoms with Crippen molar-refractivity contribution in [2.75, 3.05) is 20.3 Å². The van der Waals surface area contributed by atoms with Gasteiger partial charge in [0.15, 0.2) is 12.4 Å². The Hall–Kier alpha value is -5.48. The minimum atomic E-state index is -5.08. The van der Waals surface area contributed by atoms with Gasteiger partial charge in [-0.2, -0.15) is 13.2 Å². The molecule has 0 bridgehead atoms. The number of H-pyrrole nitrogens is 1.